The number of halogens is 1. The molecule has 4 rings (SSSR count). The number of sulfonamides is 1. The zero-order valence-electron chi connectivity index (χ0n) is 18.9. The van der Waals surface area contributed by atoms with Gasteiger partial charge < -0.3 is 14.6 Å². The number of ether oxygens (including phenoxy) is 1. The highest BCUT2D eigenvalue weighted by atomic mass is 32.2. The molecule has 1 unspecified atom stereocenters. The van der Waals surface area contributed by atoms with Crippen molar-refractivity contribution in [1.82, 2.24) is 19.2 Å². The maximum Gasteiger partial charge on any atom is 0.243 e. The van der Waals surface area contributed by atoms with Gasteiger partial charge in [-0.25, -0.2) is 17.8 Å². The number of aryl methyl sites for hydroxylation is 2. The summed E-state index contributed by atoms with van der Waals surface area (Å²) in [5.74, 6) is -0.162. The van der Waals surface area contributed by atoms with Gasteiger partial charge in [0.1, 0.15) is 17.7 Å². The zero-order valence-corrected chi connectivity index (χ0v) is 19.7. The fourth-order valence-corrected chi connectivity index (χ4v) is 5.31. The molecule has 8 nitrogen and oxygen atoms in total. The molecule has 34 heavy (non-hydrogen) atoms. The van der Waals surface area contributed by atoms with Crippen LogP contribution in [-0.4, -0.2) is 54.5 Å². The predicted molar refractivity (Wildman–Crippen MR) is 124 cm³/mol. The normalized spacial score (nSPS) is 15.7. The van der Waals surface area contributed by atoms with Gasteiger partial charge in [0.15, 0.2) is 0 Å². The minimum absolute atomic E-state index is 0.158. The first-order valence-corrected chi connectivity index (χ1v) is 12.5. The second-order valence-corrected chi connectivity index (χ2v) is 10.0. The number of imidazole rings is 1. The molecule has 1 amide bonds. The van der Waals surface area contributed by atoms with Crippen LogP contribution in [-0.2, 0) is 33.0 Å². The van der Waals surface area contributed by atoms with Crippen LogP contribution >= 0.6 is 0 Å². The summed E-state index contributed by atoms with van der Waals surface area (Å²) in [6, 6.07) is 12.1. The van der Waals surface area contributed by atoms with Crippen molar-refractivity contribution in [2.75, 3.05) is 26.3 Å². The van der Waals surface area contributed by atoms with Gasteiger partial charge in [-0.3, -0.25) is 4.79 Å². The molecule has 10 heteroatoms. The third kappa shape index (κ3) is 5.35. The lowest BCUT2D eigenvalue weighted by molar-refractivity contribution is -0.121. The van der Waals surface area contributed by atoms with Crippen LogP contribution in [0.4, 0.5) is 4.39 Å². The summed E-state index contributed by atoms with van der Waals surface area (Å²) < 4.78 is 48.4. The fourth-order valence-electron chi connectivity index (χ4n) is 3.90. The van der Waals surface area contributed by atoms with E-state index in [0.29, 0.717) is 44.1 Å². The number of morpholine rings is 1. The third-order valence-electron chi connectivity index (χ3n) is 5.81. The Balaban J connectivity index is 1.41. The molecule has 1 saturated heterocycles. The summed E-state index contributed by atoms with van der Waals surface area (Å²) in [6.07, 6.45) is 3.91. The van der Waals surface area contributed by atoms with E-state index in [-0.39, 0.29) is 17.2 Å². The standard InChI is InChI=1S/C24H27FN4O4S/c1-28-13-12-26-24(28)23(20-4-2-3-5-21(20)25)27-22(30)11-8-18-6-9-19(10-7-18)34(31,32)29-14-16-33-17-15-29/h2-7,9-10,12-13,23H,8,11,14-17H2,1H3,(H,27,30). The second-order valence-electron chi connectivity index (χ2n) is 8.08. The second kappa shape index (κ2) is 10.5. The zero-order chi connectivity index (χ0) is 24.1. The minimum atomic E-state index is -3.56. The van der Waals surface area contributed by atoms with E-state index in [1.807, 2.05) is 0 Å². The SMILES string of the molecule is Cn1ccnc1C(NC(=O)CCc1ccc(S(=O)(=O)N2CCOCC2)cc1)c1ccccc1F. The van der Waals surface area contributed by atoms with E-state index >= 15 is 0 Å². The molecule has 0 radical (unpaired) electrons. The number of benzene rings is 2. The van der Waals surface area contributed by atoms with E-state index in [4.69, 9.17) is 4.74 Å². The molecule has 1 aromatic heterocycles. The Labute approximate surface area is 198 Å². The Bertz CT molecular complexity index is 1240. The van der Waals surface area contributed by atoms with Crippen LogP contribution in [0.25, 0.3) is 0 Å². The van der Waals surface area contributed by atoms with Gasteiger partial charge in [0.25, 0.3) is 0 Å². The highest BCUT2D eigenvalue weighted by Crippen LogP contribution is 2.23. The van der Waals surface area contributed by atoms with Crippen molar-refractivity contribution >= 4 is 15.9 Å². The molecule has 1 aliphatic rings. The fraction of sp³-hybridized carbons (Fsp3) is 0.333. The topological polar surface area (TPSA) is 93.5 Å². The van der Waals surface area contributed by atoms with Crippen LogP contribution in [0.3, 0.4) is 0 Å². The van der Waals surface area contributed by atoms with Crippen molar-refractivity contribution in [3.8, 4) is 0 Å². The van der Waals surface area contributed by atoms with Gasteiger partial charge in [-0.05, 0) is 30.2 Å². The Morgan fingerprint density at radius 3 is 2.50 bits per heavy atom. The van der Waals surface area contributed by atoms with Crippen LogP contribution in [0.2, 0.25) is 0 Å². The van der Waals surface area contributed by atoms with Crippen LogP contribution in [0.1, 0.15) is 29.4 Å². The number of hydrogen-bond acceptors (Lipinski definition) is 5. The maximum atomic E-state index is 14.5. The number of amides is 1. The number of nitrogens with zero attached hydrogens (tertiary/aromatic N) is 3. The number of rotatable bonds is 8. The molecule has 2 aromatic carbocycles. The summed E-state index contributed by atoms with van der Waals surface area (Å²) in [7, 11) is -1.77. The van der Waals surface area contributed by atoms with E-state index in [9.17, 15) is 17.6 Å². The van der Waals surface area contributed by atoms with Crippen LogP contribution in [0.15, 0.2) is 65.8 Å². The Kier molecular flexibility index (Phi) is 7.40. The Morgan fingerprint density at radius 2 is 1.85 bits per heavy atom. The molecule has 1 N–H and O–H groups in total. The number of hydrogen-bond donors (Lipinski definition) is 1. The van der Waals surface area contributed by atoms with Gasteiger partial charge in [0.05, 0.1) is 18.1 Å². The van der Waals surface area contributed by atoms with Gasteiger partial charge >= 0.3 is 0 Å². The molecular formula is C24H27FN4O4S. The van der Waals surface area contributed by atoms with Crippen LogP contribution in [0, 0.1) is 5.82 Å². The first kappa shape index (κ1) is 24.1. The van der Waals surface area contributed by atoms with Crippen molar-refractivity contribution in [3.63, 3.8) is 0 Å². The van der Waals surface area contributed by atoms with Gasteiger partial charge in [-0.2, -0.15) is 4.31 Å². The Hall–Kier alpha value is -3.08. The molecule has 0 spiro atoms. The largest absolute Gasteiger partial charge is 0.379 e. The molecular weight excluding hydrogens is 459 g/mol. The lowest BCUT2D eigenvalue weighted by Crippen LogP contribution is -2.40. The quantitative estimate of drug-likeness (QED) is 0.528. The van der Waals surface area contributed by atoms with E-state index in [0.717, 1.165) is 5.56 Å². The van der Waals surface area contributed by atoms with E-state index in [1.165, 1.54) is 10.4 Å². The van der Waals surface area contributed by atoms with Gasteiger partial charge in [-0.15, -0.1) is 0 Å². The summed E-state index contributed by atoms with van der Waals surface area (Å²) in [5.41, 5.74) is 1.17. The molecule has 0 bridgehead atoms. The molecule has 0 saturated carbocycles. The molecule has 180 valence electrons. The summed E-state index contributed by atoms with van der Waals surface area (Å²) in [5, 5.41) is 2.89. The summed E-state index contributed by atoms with van der Waals surface area (Å²) >= 11 is 0. The number of carbonyl (C=O) groups is 1. The summed E-state index contributed by atoms with van der Waals surface area (Å²) in [4.78, 5) is 17.3. The molecule has 1 fully saturated rings. The maximum absolute atomic E-state index is 14.5. The van der Waals surface area contributed by atoms with Crippen molar-refractivity contribution in [1.29, 1.82) is 0 Å². The van der Waals surface area contributed by atoms with Crippen LogP contribution < -0.4 is 5.32 Å². The van der Waals surface area contributed by atoms with E-state index in [2.05, 4.69) is 10.3 Å². The smallest absolute Gasteiger partial charge is 0.243 e. The average molecular weight is 487 g/mol. The highest BCUT2D eigenvalue weighted by molar-refractivity contribution is 7.89. The highest BCUT2D eigenvalue weighted by Gasteiger charge is 2.26. The number of nitrogens with one attached hydrogen (secondary N) is 1. The van der Waals surface area contributed by atoms with Crippen molar-refractivity contribution in [2.45, 2.75) is 23.8 Å². The van der Waals surface area contributed by atoms with Gasteiger partial charge in [0.2, 0.25) is 15.9 Å². The molecule has 1 aliphatic heterocycles. The van der Waals surface area contributed by atoms with Crippen molar-refractivity contribution < 1.29 is 22.3 Å². The first-order valence-electron chi connectivity index (χ1n) is 11.0. The minimum Gasteiger partial charge on any atom is -0.379 e. The molecule has 3 aromatic rings. The van der Waals surface area contributed by atoms with Crippen molar-refractivity contribution in [3.05, 3.63) is 83.7 Å². The van der Waals surface area contributed by atoms with Gasteiger partial charge in [0, 0.05) is 44.5 Å². The van der Waals surface area contributed by atoms with E-state index in [1.54, 1.807) is 66.5 Å². The lowest BCUT2D eigenvalue weighted by Gasteiger charge is -2.26. The first-order chi connectivity index (χ1) is 16.4. The summed E-state index contributed by atoms with van der Waals surface area (Å²) in [6.45, 7) is 1.45. The van der Waals surface area contributed by atoms with Crippen molar-refractivity contribution in [2.24, 2.45) is 7.05 Å². The average Bonchev–Trinajstić information content (AvgIpc) is 3.28. The van der Waals surface area contributed by atoms with E-state index < -0.39 is 21.9 Å². The van der Waals surface area contributed by atoms with Crippen LogP contribution in [0.5, 0.6) is 0 Å². The number of aromatic nitrogens is 2. The van der Waals surface area contributed by atoms with Gasteiger partial charge in [-0.1, -0.05) is 30.3 Å². The molecule has 2 heterocycles. The predicted octanol–water partition coefficient (Wildman–Crippen LogP) is 2.42. The third-order valence-corrected chi connectivity index (χ3v) is 7.72. The Morgan fingerprint density at radius 1 is 1.15 bits per heavy atom. The molecule has 1 atom stereocenters. The lowest BCUT2D eigenvalue weighted by atomic mass is 10.0. The number of carbonyl (C=O) groups excluding carboxylic acids is 1. The monoisotopic (exact) mass is 486 g/mol. The molecule has 0 aliphatic carbocycles.